The normalized spacial score (nSPS) is 13.4. The predicted molar refractivity (Wildman–Crippen MR) is 163 cm³/mol. The van der Waals surface area contributed by atoms with Gasteiger partial charge in [0.15, 0.2) is 0 Å². The first-order valence-electron chi connectivity index (χ1n) is 13.8. The maximum absolute atomic E-state index is 4.97. The highest BCUT2D eigenvalue weighted by atomic mass is 32.1. The Morgan fingerprint density at radius 3 is 2.49 bits per heavy atom. The van der Waals surface area contributed by atoms with E-state index in [4.69, 9.17) is 9.97 Å². The van der Waals surface area contributed by atoms with Crippen LogP contribution in [0, 0.1) is 0 Å². The SMILES string of the molecule is CC(C)c1nc2c([nH]1)-c1ccc3cc(-c4ccc5c(c4)c4ccncc4c4nc(C(C)C)[nH]c54)sc3c1CC2. The van der Waals surface area contributed by atoms with Crippen LogP contribution in [0.4, 0.5) is 0 Å². The van der Waals surface area contributed by atoms with Crippen LogP contribution in [-0.4, -0.2) is 24.9 Å². The number of nitrogens with one attached hydrogen (secondary N) is 2. The van der Waals surface area contributed by atoms with E-state index < -0.39 is 0 Å². The molecule has 3 aromatic carbocycles. The zero-order valence-electron chi connectivity index (χ0n) is 22.5. The third kappa shape index (κ3) is 3.34. The fourth-order valence-electron chi connectivity index (χ4n) is 6.15. The molecule has 0 amide bonds. The summed E-state index contributed by atoms with van der Waals surface area (Å²) >= 11 is 1.91. The van der Waals surface area contributed by atoms with Crippen molar-refractivity contribution in [3.05, 3.63) is 77.8 Å². The Hall–Kier alpha value is -4.03. The molecule has 5 nitrogen and oxygen atoms in total. The standard InChI is InChI=1S/C33H29N5S/c1-16(2)32-35-26-10-9-23-21(28(26)36-32)8-6-19-14-27(39-31(19)23)18-5-7-22-24(13-18)20-11-12-34-15-25(20)30-29(22)37-33(38-30)17(3)4/h5-8,11-17H,9-10H2,1-4H3,(H,35,36)(H,37,38). The second kappa shape index (κ2) is 8.23. The van der Waals surface area contributed by atoms with Gasteiger partial charge in [0.25, 0.3) is 0 Å². The van der Waals surface area contributed by atoms with Crippen LogP contribution in [-0.2, 0) is 12.8 Å². The van der Waals surface area contributed by atoms with Crippen molar-refractivity contribution in [1.29, 1.82) is 0 Å². The number of benzene rings is 3. The smallest absolute Gasteiger partial charge is 0.109 e. The summed E-state index contributed by atoms with van der Waals surface area (Å²) in [5, 5.41) is 6.06. The Balaban J connectivity index is 1.31. The van der Waals surface area contributed by atoms with Crippen LogP contribution in [0.3, 0.4) is 0 Å². The van der Waals surface area contributed by atoms with Crippen LogP contribution in [0.25, 0.3) is 64.4 Å². The number of aromatic nitrogens is 5. The van der Waals surface area contributed by atoms with Gasteiger partial charge < -0.3 is 9.97 Å². The number of imidazole rings is 2. The molecule has 1 aliphatic rings. The van der Waals surface area contributed by atoms with Gasteiger partial charge in [0.2, 0.25) is 0 Å². The van der Waals surface area contributed by atoms with E-state index in [0.29, 0.717) is 11.8 Å². The topological polar surface area (TPSA) is 70.2 Å². The molecule has 0 unspecified atom stereocenters. The van der Waals surface area contributed by atoms with E-state index in [1.165, 1.54) is 59.2 Å². The monoisotopic (exact) mass is 527 g/mol. The first kappa shape index (κ1) is 22.9. The minimum absolute atomic E-state index is 0.331. The third-order valence-corrected chi connectivity index (χ3v) is 9.48. The number of rotatable bonds is 3. The van der Waals surface area contributed by atoms with Crippen molar-refractivity contribution in [2.75, 3.05) is 0 Å². The number of aromatic amines is 2. The zero-order chi connectivity index (χ0) is 26.4. The molecule has 0 aliphatic heterocycles. The second-order valence-electron chi connectivity index (χ2n) is 11.4. The quantitative estimate of drug-likeness (QED) is 0.225. The summed E-state index contributed by atoms with van der Waals surface area (Å²) in [6.07, 6.45) is 5.87. The Morgan fingerprint density at radius 2 is 1.64 bits per heavy atom. The van der Waals surface area contributed by atoms with E-state index in [1.54, 1.807) is 0 Å². The summed E-state index contributed by atoms with van der Waals surface area (Å²) in [5.41, 5.74) is 8.55. The molecule has 0 bridgehead atoms. The first-order valence-corrected chi connectivity index (χ1v) is 14.6. The molecule has 0 fully saturated rings. The van der Waals surface area contributed by atoms with Crippen molar-refractivity contribution in [1.82, 2.24) is 24.9 Å². The van der Waals surface area contributed by atoms with Crippen LogP contribution in [0.5, 0.6) is 0 Å². The summed E-state index contributed by atoms with van der Waals surface area (Å²) in [6, 6.07) is 15.9. The van der Waals surface area contributed by atoms with Gasteiger partial charge in [-0.1, -0.05) is 52.0 Å². The molecule has 0 atom stereocenters. The van der Waals surface area contributed by atoms with E-state index in [2.05, 4.69) is 85.1 Å². The lowest BCUT2D eigenvalue weighted by Crippen LogP contribution is -2.03. The van der Waals surface area contributed by atoms with Crippen molar-refractivity contribution in [3.8, 4) is 21.7 Å². The van der Waals surface area contributed by atoms with Gasteiger partial charge in [-0.25, -0.2) is 9.97 Å². The molecule has 8 rings (SSSR count). The number of thiophene rings is 1. The lowest BCUT2D eigenvalue weighted by atomic mass is 9.91. The first-order chi connectivity index (χ1) is 19.0. The molecule has 0 spiro atoms. The molecule has 4 aromatic heterocycles. The van der Waals surface area contributed by atoms with Gasteiger partial charge in [-0.15, -0.1) is 11.3 Å². The van der Waals surface area contributed by atoms with Gasteiger partial charge in [0.05, 0.1) is 22.4 Å². The van der Waals surface area contributed by atoms with Gasteiger partial charge in [0, 0.05) is 50.1 Å². The van der Waals surface area contributed by atoms with E-state index in [9.17, 15) is 0 Å². The minimum Gasteiger partial charge on any atom is -0.342 e. The summed E-state index contributed by atoms with van der Waals surface area (Å²) in [6.45, 7) is 8.75. The van der Waals surface area contributed by atoms with E-state index in [-0.39, 0.29) is 0 Å². The highest BCUT2D eigenvalue weighted by Gasteiger charge is 2.24. The summed E-state index contributed by atoms with van der Waals surface area (Å²) in [4.78, 5) is 22.9. The lowest BCUT2D eigenvalue weighted by molar-refractivity contribution is 0.787. The fourth-order valence-corrected chi connectivity index (χ4v) is 7.38. The molecule has 192 valence electrons. The van der Waals surface area contributed by atoms with E-state index >= 15 is 0 Å². The fraction of sp³-hybridized carbons (Fsp3) is 0.242. The van der Waals surface area contributed by atoms with Crippen LogP contribution in [0.2, 0.25) is 0 Å². The van der Waals surface area contributed by atoms with Crippen molar-refractivity contribution >= 4 is 54.0 Å². The minimum atomic E-state index is 0.331. The van der Waals surface area contributed by atoms with Gasteiger partial charge >= 0.3 is 0 Å². The largest absolute Gasteiger partial charge is 0.342 e. The summed E-state index contributed by atoms with van der Waals surface area (Å²) in [5.74, 6) is 2.83. The van der Waals surface area contributed by atoms with Gasteiger partial charge in [-0.2, -0.15) is 0 Å². The average Bonchev–Trinajstić information content (AvgIpc) is 3.69. The number of hydrogen-bond acceptors (Lipinski definition) is 4. The van der Waals surface area contributed by atoms with Crippen LogP contribution in [0.1, 0.15) is 62.4 Å². The molecule has 4 heterocycles. The number of nitrogens with zero attached hydrogens (tertiary/aromatic N) is 3. The second-order valence-corrected chi connectivity index (χ2v) is 12.5. The zero-order valence-corrected chi connectivity index (χ0v) is 23.3. The highest BCUT2D eigenvalue weighted by Crippen LogP contribution is 2.44. The van der Waals surface area contributed by atoms with Crippen molar-refractivity contribution in [2.45, 2.75) is 52.4 Å². The van der Waals surface area contributed by atoms with Gasteiger partial charge in [0.1, 0.15) is 11.6 Å². The molecule has 7 aromatic rings. The third-order valence-electron chi connectivity index (χ3n) is 8.22. The van der Waals surface area contributed by atoms with Crippen LogP contribution < -0.4 is 0 Å². The molecule has 6 heteroatoms. The van der Waals surface area contributed by atoms with E-state index in [0.717, 1.165) is 40.9 Å². The molecule has 39 heavy (non-hydrogen) atoms. The Kier molecular flexibility index (Phi) is 4.84. The predicted octanol–water partition coefficient (Wildman–Crippen LogP) is 8.88. The molecule has 0 saturated carbocycles. The van der Waals surface area contributed by atoms with Gasteiger partial charge in [-0.05, 0) is 58.3 Å². The number of pyridine rings is 1. The average molecular weight is 528 g/mol. The maximum atomic E-state index is 4.97. The van der Waals surface area contributed by atoms with E-state index in [1.807, 2.05) is 23.7 Å². The van der Waals surface area contributed by atoms with Gasteiger partial charge in [-0.3, -0.25) is 4.98 Å². The Bertz CT molecular complexity index is 2090. The lowest BCUT2D eigenvalue weighted by Gasteiger charge is -2.16. The Morgan fingerprint density at radius 1 is 0.795 bits per heavy atom. The van der Waals surface area contributed by atoms with Crippen molar-refractivity contribution < 1.29 is 0 Å². The number of aryl methyl sites for hydroxylation is 2. The number of hydrogen-bond donors (Lipinski definition) is 2. The molecule has 1 aliphatic carbocycles. The number of H-pyrrole nitrogens is 2. The number of fused-ring (bicyclic) bond motifs is 11. The van der Waals surface area contributed by atoms with Crippen LogP contribution >= 0.6 is 11.3 Å². The molecule has 0 saturated heterocycles. The molecular weight excluding hydrogens is 498 g/mol. The van der Waals surface area contributed by atoms with Crippen LogP contribution in [0.15, 0.2) is 54.9 Å². The van der Waals surface area contributed by atoms with Crippen molar-refractivity contribution in [3.63, 3.8) is 0 Å². The summed E-state index contributed by atoms with van der Waals surface area (Å²) in [7, 11) is 0. The highest BCUT2D eigenvalue weighted by molar-refractivity contribution is 7.22. The summed E-state index contributed by atoms with van der Waals surface area (Å²) < 4.78 is 1.40. The maximum Gasteiger partial charge on any atom is 0.109 e. The molecule has 2 N–H and O–H groups in total. The van der Waals surface area contributed by atoms with Crippen molar-refractivity contribution in [2.24, 2.45) is 0 Å². The Labute approximate surface area is 230 Å². The molecular formula is C33H29N5S. The molecule has 0 radical (unpaired) electrons.